The van der Waals surface area contributed by atoms with Crippen LogP contribution in [-0.4, -0.2) is 56.9 Å². The molecule has 0 radical (unpaired) electrons. The minimum absolute atomic E-state index is 0.374. The number of rotatable bonds is 11. The Morgan fingerprint density at radius 3 is 2.42 bits per heavy atom. The van der Waals surface area contributed by atoms with Gasteiger partial charge in [0.05, 0.1) is 39.2 Å². The quantitative estimate of drug-likeness (QED) is 0.566. The molecule has 0 aromatic carbocycles. The molecule has 0 atom stereocenters. The van der Waals surface area contributed by atoms with Crippen molar-refractivity contribution < 1.29 is 18.9 Å². The average Bonchev–Trinajstić information content (AvgIpc) is 2.46. The van der Waals surface area contributed by atoms with E-state index in [2.05, 4.69) is 10.2 Å². The molecule has 0 saturated carbocycles. The summed E-state index contributed by atoms with van der Waals surface area (Å²) in [7, 11) is 1.64. The fourth-order valence-corrected chi connectivity index (χ4v) is 1.28. The van der Waals surface area contributed by atoms with Crippen LogP contribution in [0.2, 0.25) is 0 Å². The predicted molar refractivity (Wildman–Crippen MR) is 68.9 cm³/mol. The summed E-state index contributed by atoms with van der Waals surface area (Å²) in [5.74, 6) is 0.463. The number of hydrogen-bond donors (Lipinski definition) is 1. The van der Waals surface area contributed by atoms with E-state index in [9.17, 15) is 0 Å². The zero-order valence-electron chi connectivity index (χ0n) is 11.2. The van der Waals surface area contributed by atoms with Crippen molar-refractivity contribution in [3.8, 4) is 5.88 Å². The maximum Gasteiger partial charge on any atom is 0.238 e. The van der Waals surface area contributed by atoms with Crippen molar-refractivity contribution in [2.24, 2.45) is 5.73 Å². The van der Waals surface area contributed by atoms with E-state index in [0.29, 0.717) is 52.1 Å². The zero-order valence-corrected chi connectivity index (χ0v) is 11.2. The molecule has 0 fully saturated rings. The third-order valence-corrected chi connectivity index (χ3v) is 2.26. The van der Waals surface area contributed by atoms with Gasteiger partial charge in [-0.25, -0.2) is 0 Å². The number of aromatic nitrogens is 2. The van der Waals surface area contributed by atoms with Gasteiger partial charge in [0.25, 0.3) is 0 Å². The maximum absolute atomic E-state index is 5.55. The van der Waals surface area contributed by atoms with Crippen LogP contribution in [0, 0.1) is 0 Å². The van der Waals surface area contributed by atoms with Gasteiger partial charge in [-0.15, -0.1) is 5.10 Å². The molecule has 1 aromatic heterocycles. The topological polar surface area (TPSA) is 88.7 Å². The predicted octanol–water partition coefficient (Wildman–Crippen LogP) is -0.00630. The van der Waals surface area contributed by atoms with Crippen LogP contribution in [0.4, 0.5) is 0 Å². The number of ether oxygens (including phenoxy) is 4. The standard InChI is InChI=1S/C12H21N3O4/c1-16-4-5-17-6-7-18-8-9-19-12-11(10-13)2-3-14-15-12/h2-3H,4-10,13H2,1H3. The monoisotopic (exact) mass is 271 g/mol. The lowest BCUT2D eigenvalue weighted by molar-refractivity contribution is 0.0175. The van der Waals surface area contributed by atoms with Crippen LogP contribution in [0.25, 0.3) is 0 Å². The first-order chi connectivity index (χ1) is 9.38. The Kier molecular flexibility index (Phi) is 8.82. The van der Waals surface area contributed by atoms with Crippen LogP contribution in [0.15, 0.2) is 12.3 Å². The molecule has 0 amide bonds. The summed E-state index contributed by atoms with van der Waals surface area (Å²) in [4.78, 5) is 0. The first kappa shape index (κ1) is 15.8. The van der Waals surface area contributed by atoms with Gasteiger partial charge >= 0.3 is 0 Å². The van der Waals surface area contributed by atoms with Crippen LogP contribution >= 0.6 is 0 Å². The second-order valence-corrected chi connectivity index (χ2v) is 3.63. The minimum atomic E-state index is 0.374. The molecular formula is C12H21N3O4. The Hall–Kier alpha value is -1.28. The van der Waals surface area contributed by atoms with Gasteiger partial charge in [-0.3, -0.25) is 0 Å². The molecule has 0 bridgehead atoms. The first-order valence-corrected chi connectivity index (χ1v) is 6.16. The molecule has 0 aliphatic rings. The highest BCUT2D eigenvalue weighted by atomic mass is 16.6. The zero-order chi connectivity index (χ0) is 13.8. The van der Waals surface area contributed by atoms with E-state index in [1.54, 1.807) is 19.4 Å². The molecule has 0 spiro atoms. The van der Waals surface area contributed by atoms with Crippen molar-refractivity contribution in [2.75, 3.05) is 46.8 Å². The van der Waals surface area contributed by atoms with Gasteiger partial charge in [-0.2, -0.15) is 5.10 Å². The summed E-state index contributed by atoms with van der Waals surface area (Å²) >= 11 is 0. The minimum Gasteiger partial charge on any atom is -0.474 e. The molecule has 1 rings (SSSR count). The highest BCUT2D eigenvalue weighted by Crippen LogP contribution is 2.11. The smallest absolute Gasteiger partial charge is 0.238 e. The van der Waals surface area contributed by atoms with Crippen LogP contribution in [0.1, 0.15) is 5.56 Å². The van der Waals surface area contributed by atoms with Gasteiger partial charge in [-0.1, -0.05) is 0 Å². The second kappa shape index (κ2) is 10.6. The molecular weight excluding hydrogens is 250 g/mol. The Bertz CT molecular complexity index is 339. The molecule has 19 heavy (non-hydrogen) atoms. The Morgan fingerprint density at radius 2 is 1.74 bits per heavy atom. The van der Waals surface area contributed by atoms with Crippen LogP contribution in [0.3, 0.4) is 0 Å². The number of hydrogen-bond acceptors (Lipinski definition) is 7. The third-order valence-electron chi connectivity index (χ3n) is 2.26. The van der Waals surface area contributed by atoms with Gasteiger partial charge in [0.15, 0.2) is 0 Å². The van der Waals surface area contributed by atoms with E-state index in [4.69, 9.17) is 24.7 Å². The highest BCUT2D eigenvalue weighted by molar-refractivity contribution is 5.22. The molecule has 7 heteroatoms. The normalized spacial score (nSPS) is 10.6. The fraction of sp³-hybridized carbons (Fsp3) is 0.667. The summed E-state index contributed by atoms with van der Waals surface area (Å²) in [6, 6.07) is 1.78. The fourth-order valence-electron chi connectivity index (χ4n) is 1.28. The number of nitrogens with zero attached hydrogens (tertiary/aromatic N) is 2. The summed E-state index contributed by atoms with van der Waals surface area (Å²) < 4.78 is 20.9. The lowest BCUT2D eigenvalue weighted by Gasteiger charge is -2.08. The molecule has 0 unspecified atom stereocenters. The van der Waals surface area contributed by atoms with Gasteiger partial charge in [0.1, 0.15) is 6.61 Å². The van der Waals surface area contributed by atoms with E-state index in [1.807, 2.05) is 0 Å². The van der Waals surface area contributed by atoms with Crippen molar-refractivity contribution in [3.63, 3.8) is 0 Å². The summed E-state index contributed by atoms with van der Waals surface area (Å²) in [6.07, 6.45) is 1.59. The van der Waals surface area contributed by atoms with E-state index < -0.39 is 0 Å². The average molecular weight is 271 g/mol. The van der Waals surface area contributed by atoms with Crippen molar-refractivity contribution in [2.45, 2.75) is 6.54 Å². The highest BCUT2D eigenvalue weighted by Gasteiger charge is 2.03. The first-order valence-electron chi connectivity index (χ1n) is 6.16. The van der Waals surface area contributed by atoms with Crippen molar-refractivity contribution in [1.29, 1.82) is 0 Å². The second-order valence-electron chi connectivity index (χ2n) is 3.63. The van der Waals surface area contributed by atoms with E-state index in [0.717, 1.165) is 5.56 Å². The molecule has 1 heterocycles. The molecule has 7 nitrogen and oxygen atoms in total. The number of methoxy groups -OCH3 is 1. The molecule has 2 N–H and O–H groups in total. The molecule has 0 aliphatic heterocycles. The maximum atomic E-state index is 5.55. The van der Waals surface area contributed by atoms with Crippen LogP contribution in [0.5, 0.6) is 5.88 Å². The molecule has 0 aliphatic carbocycles. The van der Waals surface area contributed by atoms with E-state index in [1.165, 1.54) is 0 Å². The van der Waals surface area contributed by atoms with E-state index >= 15 is 0 Å². The van der Waals surface area contributed by atoms with Crippen LogP contribution in [-0.2, 0) is 20.8 Å². The molecule has 108 valence electrons. The number of nitrogens with two attached hydrogens (primary N) is 1. The SMILES string of the molecule is COCCOCCOCCOc1nnccc1CN. The van der Waals surface area contributed by atoms with Gasteiger partial charge in [0.2, 0.25) is 5.88 Å². The summed E-state index contributed by atoms with van der Waals surface area (Å²) in [5.41, 5.74) is 6.39. The van der Waals surface area contributed by atoms with Gasteiger partial charge in [0, 0.05) is 19.2 Å². The van der Waals surface area contributed by atoms with Gasteiger partial charge in [-0.05, 0) is 6.07 Å². The Balaban J connectivity index is 2.01. The molecule has 1 aromatic rings. The Morgan fingerprint density at radius 1 is 1.05 bits per heavy atom. The van der Waals surface area contributed by atoms with E-state index in [-0.39, 0.29) is 0 Å². The lowest BCUT2D eigenvalue weighted by Crippen LogP contribution is -2.13. The lowest BCUT2D eigenvalue weighted by atomic mass is 10.3. The third kappa shape index (κ3) is 7.02. The van der Waals surface area contributed by atoms with Gasteiger partial charge < -0.3 is 24.7 Å². The Labute approximate surface area is 113 Å². The van der Waals surface area contributed by atoms with Crippen molar-refractivity contribution in [3.05, 3.63) is 17.8 Å². The largest absolute Gasteiger partial charge is 0.474 e. The van der Waals surface area contributed by atoms with Crippen LogP contribution < -0.4 is 10.5 Å². The van der Waals surface area contributed by atoms with Crippen molar-refractivity contribution in [1.82, 2.24) is 10.2 Å². The summed E-state index contributed by atoms with van der Waals surface area (Å²) in [6.45, 7) is 3.49. The van der Waals surface area contributed by atoms with Crippen molar-refractivity contribution >= 4 is 0 Å². The molecule has 0 saturated heterocycles. The summed E-state index contributed by atoms with van der Waals surface area (Å²) in [5, 5.41) is 7.62.